The molecule has 1 aliphatic rings. The molecular weight excluding hydrogens is 154 g/mol. The lowest BCUT2D eigenvalue weighted by atomic mass is 9.88. The monoisotopic (exact) mass is 171 g/mol. The van der Waals surface area contributed by atoms with Gasteiger partial charge >= 0.3 is 5.97 Å². The number of hydrogen-bond donors (Lipinski definition) is 1. The zero-order valence-electron chi connectivity index (χ0n) is 7.80. The van der Waals surface area contributed by atoms with Gasteiger partial charge < -0.3 is 10.1 Å². The predicted octanol–water partition coefficient (Wildman–Crippen LogP) is 0.795. The quantitative estimate of drug-likeness (QED) is 0.624. The lowest BCUT2D eigenvalue weighted by molar-refractivity contribution is -0.150. The summed E-state index contributed by atoms with van der Waals surface area (Å²) >= 11 is 0. The van der Waals surface area contributed by atoms with E-state index in [1.54, 1.807) is 0 Å². The Morgan fingerprint density at radius 2 is 2.42 bits per heavy atom. The molecule has 0 bridgehead atoms. The van der Waals surface area contributed by atoms with Crippen molar-refractivity contribution in [1.82, 2.24) is 5.32 Å². The van der Waals surface area contributed by atoms with Gasteiger partial charge in [-0.1, -0.05) is 6.92 Å². The normalized spacial score (nSPS) is 29.8. The van der Waals surface area contributed by atoms with E-state index in [4.69, 9.17) is 4.74 Å². The van der Waals surface area contributed by atoms with Crippen LogP contribution >= 0.6 is 0 Å². The van der Waals surface area contributed by atoms with Gasteiger partial charge in [-0.25, -0.2) is 0 Å². The number of piperidine rings is 1. The SMILES string of the molecule is CCOC(=O)[C@@H]1CCNCC1C. The van der Waals surface area contributed by atoms with Crippen molar-refractivity contribution in [3.05, 3.63) is 0 Å². The van der Waals surface area contributed by atoms with Crippen molar-refractivity contribution in [3.8, 4) is 0 Å². The second-order valence-electron chi connectivity index (χ2n) is 3.33. The van der Waals surface area contributed by atoms with Crippen LogP contribution in [0.5, 0.6) is 0 Å². The molecule has 70 valence electrons. The van der Waals surface area contributed by atoms with Crippen LogP contribution in [-0.4, -0.2) is 25.7 Å². The van der Waals surface area contributed by atoms with Gasteiger partial charge in [0.05, 0.1) is 12.5 Å². The number of carbonyl (C=O) groups excluding carboxylic acids is 1. The van der Waals surface area contributed by atoms with Gasteiger partial charge in [0.2, 0.25) is 0 Å². The predicted molar refractivity (Wildman–Crippen MR) is 46.8 cm³/mol. The highest BCUT2D eigenvalue weighted by Gasteiger charge is 2.28. The number of esters is 1. The summed E-state index contributed by atoms with van der Waals surface area (Å²) < 4.78 is 4.99. The van der Waals surface area contributed by atoms with Gasteiger partial charge in [0.15, 0.2) is 0 Å². The van der Waals surface area contributed by atoms with Crippen molar-refractivity contribution in [3.63, 3.8) is 0 Å². The van der Waals surface area contributed by atoms with Gasteiger partial charge in [0.25, 0.3) is 0 Å². The zero-order valence-corrected chi connectivity index (χ0v) is 7.80. The van der Waals surface area contributed by atoms with Crippen molar-refractivity contribution in [1.29, 1.82) is 0 Å². The van der Waals surface area contributed by atoms with Crippen molar-refractivity contribution in [2.24, 2.45) is 11.8 Å². The van der Waals surface area contributed by atoms with Gasteiger partial charge in [0, 0.05) is 0 Å². The minimum atomic E-state index is -0.0218. The van der Waals surface area contributed by atoms with E-state index in [0.717, 1.165) is 19.5 Å². The van der Waals surface area contributed by atoms with E-state index in [9.17, 15) is 4.79 Å². The third kappa shape index (κ3) is 2.21. The van der Waals surface area contributed by atoms with Gasteiger partial charge in [-0.3, -0.25) is 4.79 Å². The van der Waals surface area contributed by atoms with Gasteiger partial charge in [-0.2, -0.15) is 0 Å². The van der Waals surface area contributed by atoms with Crippen LogP contribution in [0.25, 0.3) is 0 Å². The molecule has 1 unspecified atom stereocenters. The van der Waals surface area contributed by atoms with E-state index in [1.807, 2.05) is 6.92 Å². The van der Waals surface area contributed by atoms with E-state index in [0.29, 0.717) is 12.5 Å². The average Bonchev–Trinajstić information content (AvgIpc) is 2.05. The van der Waals surface area contributed by atoms with Crippen molar-refractivity contribution in [2.75, 3.05) is 19.7 Å². The maximum atomic E-state index is 11.4. The number of rotatable bonds is 2. The molecule has 1 N–H and O–H groups in total. The molecule has 0 saturated carbocycles. The summed E-state index contributed by atoms with van der Waals surface area (Å²) in [5, 5.41) is 3.25. The van der Waals surface area contributed by atoms with Crippen LogP contribution in [0.2, 0.25) is 0 Å². The lowest BCUT2D eigenvalue weighted by Crippen LogP contribution is -2.39. The van der Waals surface area contributed by atoms with Crippen LogP contribution in [0.1, 0.15) is 20.3 Å². The Hall–Kier alpha value is -0.570. The summed E-state index contributed by atoms with van der Waals surface area (Å²) in [6, 6.07) is 0. The molecule has 0 aromatic heterocycles. The zero-order chi connectivity index (χ0) is 8.97. The minimum absolute atomic E-state index is 0.0218. The van der Waals surface area contributed by atoms with Crippen molar-refractivity contribution < 1.29 is 9.53 Å². The summed E-state index contributed by atoms with van der Waals surface area (Å²) in [5.41, 5.74) is 0. The Kier molecular flexibility index (Phi) is 3.53. The molecular formula is C9H17NO2. The Labute approximate surface area is 73.5 Å². The molecule has 1 heterocycles. The summed E-state index contributed by atoms with van der Waals surface area (Å²) in [5.74, 6) is 0.510. The largest absolute Gasteiger partial charge is 0.466 e. The highest BCUT2D eigenvalue weighted by molar-refractivity contribution is 5.72. The van der Waals surface area contributed by atoms with Crippen LogP contribution in [0, 0.1) is 11.8 Å². The second kappa shape index (κ2) is 4.45. The maximum Gasteiger partial charge on any atom is 0.309 e. The molecule has 0 amide bonds. The summed E-state index contributed by atoms with van der Waals surface area (Å²) in [4.78, 5) is 11.4. The second-order valence-corrected chi connectivity index (χ2v) is 3.33. The molecule has 1 aliphatic heterocycles. The summed E-state index contributed by atoms with van der Waals surface area (Å²) in [7, 11) is 0. The number of ether oxygens (including phenoxy) is 1. The fraction of sp³-hybridized carbons (Fsp3) is 0.889. The highest BCUT2D eigenvalue weighted by Crippen LogP contribution is 2.19. The van der Waals surface area contributed by atoms with Crippen LogP contribution in [0.3, 0.4) is 0 Å². The molecule has 12 heavy (non-hydrogen) atoms. The number of carbonyl (C=O) groups is 1. The van der Waals surface area contributed by atoms with Crippen LogP contribution < -0.4 is 5.32 Å². The topological polar surface area (TPSA) is 38.3 Å². The molecule has 0 aromatic rings. The van der Waals surface area contributed by atoms with E-state index in [2.05, 4.69) is 12.2 Å². The molecule has 3 heteroatoms. The van der Waals surface area contributed by atoms with Gasteiger partial charge in [-0.05, 0) is 32.4 Å². The maximum absolute atomic E-state index is 11.4. The Morgan fingerprint density at radius 1 is 1.67 bits per heavy atom. The Morgan fingerprint density at radius 3 is 3.00 bits per heavy atom. The summed E-state index contributed by atoms with van der Waals surface area (Å²) in [6.07, 6.45) is 0.917. The van der Waals surface area contributed by atoms with Crippen LogP contribution in [-0.2, 0) is 9.53 Å². The first-order valence-corrected chi connectivity index (χ1v) is 4.63. The van der Waals surface area contributed by atoms with Crippen molar-refractivity contribution >= 4 is 5.97 Å². The standard InChI is InChI=1S/C9H17NO2/c1-3-12-9(11)8-4-5-10-6-7(8)2/h7-8,10H,3-6H2,1-2H3/t7?,8-/m1/s1. The Balaban J connectivity index is 2.42. The molecule has 3 nitrogen and oxygen atoms in total. The van der Waals surface area contributed by atoms with E-state index < -0.39 is 0 Å². The fourth-order valence-corrected chi connectivity index (χ4v) is 1.61. The van der Waals surface area contributed by atoms with Gasteiger partial charge in [-0.15, -0.1) is 0 Å². The molecule has 0 spiro atoms. The van der Waals surface area contributed by atoms with E-state index >= 15 is 0 Å². The summed E-state index contributed by atoms with van der Waals surface area (Å²) in [6.45, 7) is 6.31. The Bertz CT molecular complexity index is 159. The lowest BCUT2D eigenvalue weighted by Gasteiger charge is -2.27. The fourth-order valence-electron chi connectivity index (χ4n) is 1.61. The van der Waals surface area contributed by atoms with Crippen LogP contribution in [0.4, 0.5) is 0 Å². The molecule has 1 fully saturated rings. The molecule has 0 radical (unpaired) electrons. The number of nitrogens with one attached hydrogen (secondary N) is 1. The molecule has 2 atom stereocenters. The molecule has 1 saturated heterocycles. The number of hydrogen-bond acceptors (Lipinski definition) is 3. The van der Waals surface area contributed by atoms with Crippen molar-refractivity contribution in [2.45, 2.75) is 20.3 Å². The first-order valence-electron chi connectivity index (χ1n) is 4.63. The van der Waals surface area contributed by atoms with Gasteiger partial charge in [0.1, 0.15) is 0 Å². The van der Waals surface area contributed by atoms with E-state index in [1.165, 1.54) is 0 Å². The third-order valence-corrected chi connectivity index (χ3v) is 2.37. The molecule has 0 aromatic carbocycles. The minimum Gasteiger partial charge on any atom is -0.466 e. The average molecular weight is 171 g/mol. The first kappa shape index (κ1) is 9.52. The van der Waals surface area contributed by atoms with Crippen LogP contribution in [0.15, 0.2) is 0 Å². The molecule has 0 aliphatic carbocycles. The first-order chi connectivity index (χ1) is 5.75. The smallest absolute Gasteiger partial charge is 0.309 e. The third-order valence-electron chi connectivity index (χ3n) is 2.37. The molecule has 1 rings (SSSR count). The highest BCUT2D eigenvalue weighted by atomic mass is 16.5. The van der Waals surface area contributed by atoms with E-state index in [-0.39, 0.29) is 11.9 Å².